The zero-order valence-electron chi connectivity index (χ0n) is 10.9. The van der Waals surface area contributed by atoms with Crippen LogP contribution in [0.4, 0.5) is 13.2 Å². The largest absolute Gasteiger partial charge is 0.493 e. The van der Waals surface area contributed by atoms with Crippen molar-refractivity contribution in [1.82, 2.24) is 0 Å². The second kappa shape index (κ2) is 7.52. The van der Waals surface area contributed by atoms with Gasteiger partial charge < -0.3 is 9.47 Å². The minimum Gasteiger partial charge on any atom is -0.493 e. The number of alkyl halides is 4. The second-order valence-electron chi connectivity index (χ2n) is 3.91. The SMILES string of the molecule is CCC(Br)C(=O)c1ccc(OC(F)C(F)F)c(OC)c1. The fraction of sp³-hybridized carbons (Fsp3) is 0.462. The van der Waals surface area contributed by atoms with Gasteiger partial charge in [-0.2, -0.15) is 4.39 Å². The Hall–Kier alpha value is -1.24. The van der Waals surface area contributed by atoms with Crippen LogP contribution in [0.25, 0.3) is 0 Å². The van der Waals surface area contributed by atoms with Gasteiger partial charge in [-0.3, -0.25) is 4.79 Å². The molecule has 0 N–H and O–H groups in total. The van der Waals surface area contributed by atoms with E-state index in [2.05, 4.69) is 20.7 Å². The van der Waals surface area contributed by atoms with Gasteiger partial charge >= 0.3 is 6.43 Å². The first-order chi connectivity index (χ1) is 9.40. The number of ketones is 1. The number of methoxy groups -OCH3 is 1. The molecule has 0 aromatic heterocycles. The Morgan fingerprint density at radius 3 is 2.45 bits per heavy atom. The average Bonchev–Trinajstić information content (AvgIpc) is 2.45. The first-order valence-electron chi connectivity index (χ1n) is 5.85. The highest BCUT2D eigenvalue weighted by molar-refractivity contribution is 9.10. The molecule has 0 aliphatic heterocycles. The lowest BCUT2D eigenvalue weighted by Gasteiger charge is -2.15. The number of halogens is 4. The van der Waals surface area contributed by atoms with E-state index < -0.39 is 12.8 Å². The van der Waals surface area contributed by atoms with Gasteiger partial charge in [0.15, 0.2) is 17.3 Å². The highest BCUT2D eigenvalue weighted by Crippen LogP contribution is 2.31. The summed E-state index contributed by atoms with van der Waals surface area (Å²) in [6, 6.07) is 3.94. The molecule has 3 nitrogen and oxygen atoms in total. The molecular weight excluding hydrogens is 341 g/mol. The van der Waals surface area contributed by atoms with Crippen molar-refractivity contribution >= 4 is 21.7 Å². The van der Waals surface area contributed by atoms with Gasteiger partial charge in [-0.25, -0.2) is 8.78 Å². The van der Waals surface area contributed by atoms with E-state index in [0.717, 1.165) is 0 Å². The fourth-order valence-electron chi connectivity index (χ4n) is 1.46. The molecule has 7 heteroatoms. The van der Waals surface area contributed by atoms with E-state index in [1.807, 2.05) is 6.92 Å². The Morgan fingerprint density at radius 2 is 1.95 bits per heavy atom. The molecule has 0 saturated carbocycles. The summed E-state index contributed by atoms with van der Waals surface area (Å²) in [5.74, 6) is -0.336. The number of hydrogen-bond acceptors (Lipinski definition) is 3. The molecule has 0 bridgehead atoms. The van der Waals surface area contributed by atoms with Crippen LogP contribution in [0.5, 0.6) is 11.5 Å². The smallest absolute Gasteiger partial charge is 0.304 e. The van der Waals surface area contributed by atoms with Crippen LogP contribution in [0.15, 0.2) is 18.2 Å². The highest BCUT2D eigenvalue weighted by atomic mass is 79.9. The number of ether oxygens (including phenoxy) is 2. The molecule has 1 aromatic carbocycles. The Balaban J connectivity index is 2.99. The van der Waals surface area contributed by atoms with Gasteiger partial charge in [0.2, 0.25) is 0 Å². The quantitative estimate of drug-likeness (QED) is 0.548. The summed E-state index contributed by atoms with van der Waals surface area (Å²) in [4.78, 5) is 11.6. The molecular formula is C13H14BrF3O3. The van der Waals surface area contributed by atoms with Crippen LogP contribution in [0.2, 0.25) is 0 Å². The first kappa shape index (κ1) is 16.8. The number of carbonyl (C=O) groups is 1. The molecule has 0 amide bonds. The van der Waals surface area contributed by atoms with Gasteiger partial charge in [0.05, 0.1) is 11.9 Å². The van der Waals surface area contributed by atoms with E-state index >= 15 is 0 Å². The second-order valence-corrected chi connectivity index (χ2v) is 5.01. The van der Waals surface area contributed by atoms with Crippen LogP contribution < -0.4 is 9.47 Å². The van der Waals surface area contributed by atoms with Crippen molar-refractivity contribution in [2.75, 3.05) is 7.11 Å². The molecule has 1 rings (SSSR count). The minimum absolute atomic E-state index is 0.0231. The Labute approximate surface area is 123 Å². The first-order valence-corrected chi connectivity index (χ1v) is 6.77. The van der Waals surface area contributed by atoms with Crippen LogP contribution >= 0.6 is 15.9 Å². The lowest BCUT2D eigenvalue weighted by molar-refractivity contribution is -0.0677. The molecule has 112 valence electrons. The minimum atomic E-state index is -3.26. The van der Waals surface area contributed by atoms with E-state index in [4.69, 9.17) is 4.74 Å². The summed E-state index contributed by atoms with van der Waals surface area (Å²) in [6.45, 7) is 1.84. The van der Waals surface area contributed by atoms with Crippen LogP contribution in [0.1, 0.15) is 23.7 Å². The van der Waals surface area contributed by atoms with Gasteiger partial charge in [-0.1, -0.05) is 22.9 Å². The summed E-state index contributed by atoms with van der Waals surface area (Å²) in [5, 5.41) is 0. The maximum atomic E-state index is 12.9. The molecule has 20 heavy (non-hydrogen) atoms. The molecule has 0 saturated heterocycles. The van der Waals surface area contributed by atoms with E-state index in [9.17, 15) is 18.0 Å². The summed E-state index contributed by atoms with van der Waals surface area (Å²) < 4.78 is 46.5. The standard InChI is InChI=1S/C13H14BrF3O3/c1-3-8(14)11(18)7-4-5-9(10(6-7)19-2)20-13(17)12(15)16/h4-6,8,12-13H,3H2,1-2H3. The molecule has 0 spiro atoms. The Bertz CT molecular complexity index is 468. The van der Waals surface area contributed by atoms with E-state index in [1.54, 1.807) is 0 Å². The van der Waals surface area contributed by atoms with Crippen molar-refractivity contribution in [3.05, 3.63) is 23.8 Å². The lowest BCUT2D eigenvalue weighted by Crippen LogP contribution is -2.20. The molecule has 0 heterocycles. The van der Waals surface area contributed by atoms with E-state index in [0.29, 0.717) is 12.0 Å². The highest BCUT2D eigenvalue weighted by Gasteiger charge is 2.23. The van der Waals surface area contributed by atoms with E-state index in [-0.39, 0.29) is 22.1 Å². The van der Waals surface area contributed by atoms with Crippen LogP contribution in [0.3, 0.4) is 0 Å². The summed E-state index contributed by atoms with van der Waals surface area (Å²) in [6.07, 6.45) is -5.41. The molecule has 1 aromatic rings. The van der Waals surface area contributed by atoms with Gasteiger partial charge in [-0.15, -0.1) is 0 Å². The third-order valence-electron chi connectivity index (χ3n) is 2.53. The number of hydrogen-bond donors (Lipinski definition) is 0. The lowest BCUT2D eigenvalue weighted by atomic mass is 10.1. The maximum absolute atomic E-state index is 12.9. The molecule has 0 radical (unpaired) electrons. The molecule has 2 atom stereocenters. The van der Waals surface area contributed by atoms with Gasteiger partial charge in [0, 0.05) is 5.56 Å². The van der Waals surface area contributed by atoms with Crippen LogP contribution in [-0.2, 0) is 0 Å². The van der Waals surface area contributed by atoms with Crippen molar-refractivity contribution in [3.8, 4) is 11.5 Å². The average molecular weight is 355 g/mol. The predicted molar refractivity (Wildman–Crippen MR) is 71.9 cm³/mol. The predicted octanol–water partition coefficient (Wildman–Crippen LogP) is 3.99. The van der Waals surface area contributed by atoms with Crippen molar-refractivity contribution in [2.45, 2.75) is 31.0 Å². The van der Waals surface area contributed by atoms with Crippen molar-refractivity contribution in [1.29, 1.82) is 0 Å². The normalized spacial score (nSPS) is 13.9. The van der Waals surface area contributed by atoms with Crippen molar-refractivity contribution in [3.63, 3.8) is 0 Å². The number of rotatable bonds is 7. The zero-order chi connectivity index (χ0) is 15.3. The number of carbonyl (C=O) groups excluding carboxylic acids is 1. The molecule has 0 aliphatic rings. The third-order valence-corrected chi connectivity index (χ3v) is 3.59. The summed E-state index contributed by atoms with van der Waals surface area (Å²) >= 11 is 3.22. The topological polar surface area (TPSA) is 35.5 Å². The van der Waals surface area contributed by atoms with Crippen LogP contribution in [0, 0.1) is 0 Å². The van der Waals surface area contributed by atoms with Gasteiger partial charge in [-0.05, 0) is 24.6 Å². The zero-order valence-corrected chi connectivity index (χ0v) is 12.5. The number of benzene rings is 1. The van der Waals surface area contributed by atoms with E-state index in [1.165, 1.54) is 25.3 Å². The van der Waals surface area contributed by atoms with Crippen molar-refractivity contribution in [2.24, 2.45) is 0 Å². The fourth-order valence-corrected chi connectivity index (χ4v) is 1.72. The maximum Gasteiger partial charge on any atom is 0.304 e. The van der Waals surface area contributed by atoms with Crippen LogP contribution in [-0.4, -0.2) is 30.5 Å². The molecule has 0 aliphatic carbocycles. The summed E-state index contributed by atoms with van der Waals surface area (Å²) in [7, 11) is 1.28. The number of Topliss-reactive ketones (excluding diaryl/α,β-unsaturated/α-hetero) is 1. The summed E-state index contributed by atoms with van der Waals surface area (Å²) in [5.41, 5.74) is 0.324. The third kappa shape index (κ3) is 4.13. The van der Waals surface area contributed by atoms with Gasteiger partial charge in [0.1, 0.15) is 0 Å². The Morgan fingerprint density at radius 1 is 1.30 bits per heavy atom. The molecule has 2 unspecified atom stereocenters. The van der Waals surface area contributed by atoms with Crippen molar-refractivity contribution < 1.29 is 27.4 Å². The van der Waals surface area contributed by atoms with Gasteiger partial charge in [0.25, 0.3) is 6.36 Å². The Kier molecular flexibility index (Phi) is 6.32. The molecule has 0 fully saturated rings. The monoisotopic (exact) mass is 354 g/mol.